The molecule has 4 aromatic rings. The van der Waals surface area contributed by atoms with Crippen molar-refractivity contribution in [2.45, 2.75) is 41.0 Å². The molecule has 0 unspecified atom stereocenters. The molecule has 1 saturated heterocycles. The monoisotopic (exact) mass is 548 g/mol. The first-order valence-electron chi connectivity index (χ1n) is 13.0. The van der Waals surface area contributed by atoms with Crippen molar-refractivity contribution in [3.05, 3.63) is 68.2 Å². The van der Waals surface area contributed by atoms with Crippen LogP contribution in [0.2, 0.25) is 0 Å². The van der Waals surface area contributed by atoms with Crippen LogP contribution in [0.5, 0.6) is 0 Å². The van der Waals surface area contributed by atoms with Crippen LogP contribution in [0.25, 0.3) is 21.9 Å². The van der Waals surface area contributed by atoms with Gasteiger partial charge in [-0.3, -0.25) is 14.0 Å². The number of nitrogens with zero attached hydrogens (tertiary/aromatic N) is 6. The molecule has 1 aromatic carbocycles. The minimum Gasteiger partial charge on any atom is -0.450 e. The Morgan fingerprint density at radius 3 is 2.49 bits per heavy atom. The van der Waals surface area contributed by atoms with Gasteiger partial charge in [0.25, 0.3) is 5.56 Å². The second-order valence-electron chi connectivity index (χ2n) is 9.77. The van der Waals surface area contributed by atoms with Gasteiger partial charge < -0.3 is 14.5 Å². The molecule has 5 rings (SSSR count). The van der Waals surface area contributed by atoms with Crippen molar-refractivity contribution in [1.29, 1.82) is 0 Å². The fourth-order valence-corrected chi connectivity index (χ4v) is 5.88. The number of benzene rings is 1. The van der Waals surface area contributed by atoms with Crippen LogP contribution in [0.3, 0.4) is 0 Å². The Balaban J connectivity index is 1.43. The van der Waals surface area contributed by atoms with Crippen LogP contribution in [0.15, 0.2) is 34.4 Å². The second kappa shape index (κ2) is 10.6. The normalized spacial score (nSPS) is 13.8. The standard InChI is InChI=1S/C28H32N6O4S/c1-6-38-28(37)32-12-10-31(11-13-32)24(35)15-21-16-39-27-29-20(5)25(26(36)33(21)27)22-14-18(3)34(30-22)23-9-7-8-17(2)19(23)4/h7-9,14,16H,6,10-13,15H2,1-5H3. The molecular formula is C28H32N6O4S. The first-order valence-corrected chi connectivity index (χ1v) is 13.9. The third kappa shape index (κ3) is 4.94. The molecule has 1 aliphatic heterocycles. The number of ether oxygens (including phenoxy) is 1. The van der Waals surface area contributed by atoms with Crippen LogP contribution in [0.4, 0.5) is 4.79 Å². The molecule has 0 aliphatic carbocycles. The summed E-state index contributed by atoms with van der Waals surface area (Å²) in [4.78, 5) is 47.5. The van der Waals surface area contributed by atoms with Crippen LogP contribution in [0.1, 0.15) is 35.1 Å². The van der Waals surface area contributed by atoms with Gasteiger partial charge in [-0.15, -0.1) is 11.3 Å². The molecule has 11 heteroatoms. The highest BCUT2D eigenvalue weighted by Crippen LogP contribution is 2.25. The van der Waals surface area contributed by atoms with Gasteiger partial charge in [0.05, 0.1) is 30.0 Å². The number of amides is 2. The Kier molecular flexibility index (Phi) is 7.26. The van der Waals surface area contributed by atoms with Gasteiger partial charge in [0, 0.05) is 42.9 Å². The average Bonchev–Trinajstić information content (AvgIpc) is 3.49. The highest BCUT2D eigenvalue weighted by Gasteiger charge is 2.26. The van der Waals surface area contributed by atoms with Crippen molar-refractivity contribution in [3.8, 4) is 16.9 Å². The first kappa shape index (κ1) is 26.6. The molecule has 2 amide bonds. The van der Waals surface area contributed by atoms with Gasteiger partial charge in [-0.1, -0.05) is 12.1 Å². The van der Waals surface area contributed by atoms with Crippen LogP contribution in [-0.2, 0) is 16.0 Å². The Morgan fingerprint density at radius 1 is 1.05 bits per heavy atom. The van der Waals surface area contributed by atoms with E-state index in [0.29, 0.717) is 60.4 Å². The predicted molar refractivity (Wildman–Crippen MR) is 150 cm³/mol. The van der Waals surface area contributed by atoms with Crippen molar-refractivity contribution >= 4 is 28.3 Å². The molecule has 0 N–H and O–H groups in total. The van der Waals surface area contributed by atoms with Gasteiger partial charge in [-0.2, -0.15) is 5.10 Å². The quantitative estimate of drug-likeness (QED) is 0.377. The number of hydrogen-bond donors (Lipinski definition) is 0. The summed E-state index contributed by atoms with van der Waals surface area (Å²) in [7, 11) is 0. The summed E-state index contributed by atoms with van der Waals surface area (Å²) in [5.41, 5.74) is 6.10. The van der Waals surface area contributed by atoms with Crippen molar-refractivity contribution in [3.63, 3.8) is 0 Å². The molecule has 1 aliphatic rings. The lowest BCUT2D eigenvalue weighted by Gasteiger charge is -2.34. The van der Waals surface area contributed by atoms with E-state index in [1.807, 2.05) is 42.1 Å². The van der Waals surface area contributed by atoms with Gasteiger partial charge in [-0.25, -0.2) is 14.5 Å². The van der Waals surface area contributed by atoms with E-state index in [1.54, 1.807) is 16.7 Å². The maximum atomic E-state index is 13.8. The predicted octanol–water partition coefficient (Wildman–Crippen LogP) is 3.69. The molecule has 0 atom stereocenters. The number of hydrogen-bond acceptors (Lipinski definition) is 7. The third-order valence-electron chi connectivity index (χ3n) is 7.26. The number of carbonyl (C=O) groups is 2. The van der Waals surface area contributed by atoms with E-state index in [0.717, 1.165) is 22.5 Å². The minimum absolute atomic E-state index is 0.0689. The zero-order valence-electron chi connectivity index (χ0n) is 22.9. The van der Waals surface area contributed by atoms with E-state index >= 15 is 0 Å². The smallest absolute Gasteiger partial charge is 0.409 e. The van der Waals surface area contributed by atoms with Crippen LogP contribution < -0.4 is 5.56 Å². The topological polar surface area (TPSA) is 102 Å². The molecule has 0 radical (unpaired) electrons. The summed E-state index contributed by atoms with van der Waals surface area (Å²) in [6, 6.07) is 7.98. The van der Waals surface area contributed by atoms with Gasteiger partial charge >= 0.3 is 6.09 Å². The fourth-order valence-electron chi connectivity index (χ4n) is 4.95. The van der Waals surface area contributed by atoms with Gasteiger partial charge in [-0.05, 0) is 57.9 Å². The zero-order chi connectivity index (χ0) is 27.8. The minimum atomic E-state index is -0.357. The summed E-state index contributed by atoms with van der Waals surface area (Å²) in [5.74, 6) is -0.0951. The van der Waals surface area contributed by atoms with Crippen molar-refractivity contribution in [2.75, 3.05) is 32.8 Å². The molecule has 39 heavy (non-hydrogen) atoms. The molecule has 204 valence electrons. The van der Waals surface area contributed by atoms with E-state index in [2.05, 4.69) is 19.9 Å². The number of aromatic nitrogens is 4. The lowest BCUT2D eigenvalue weighted by molar-refractivity contribution is -0.132. The van der Waals surface area contributed by atoms with E-state index < -0.39 is 0 Å². The molecule has 3 aromatic heterocycles. The molecule has 0 saturated carbocycles. The SMILES string of the molecule is CCOC(=O)N1CCN(C(=O)Cc2csc3nc(C)c(-c4cc(C)n(-c5cccc(C)c5C)n4)c(=O)n23)CC1. The third-order valence-corrected chi connectivity index (χ3v) is 8.13. The van der Waals surface area contributed by atoms with Crippen LogP contribution in [-0.4, -0.2) is 73.8 Å². The molecular weight excluding hydrogens is 516 g/mol. The van der Waals surface area contributed by atoms with Gasteiger partial charge in [0.15, 0.2) is 4.96 Å². The molecule has 1 fully saturated rings. The second-order valence-corrected chi connectivity index (χ2v) is 10.6. The van der Waals surface area contributed by atoms with Crippen molar-refractivity contribution in [2.24, 2.45) is 0 Å². The van der Waals surface area contributed by atoms with Gasteiger partial charge in [0.1, 0.15) is 5.69 Å². The van der Waals surface area contributed by atoms with Gasteiger partial charge in [0.2, 0.25) is 5.91 Å². The van der Waals surface area contributed by atoms with Crippen molar-refractivity contribution in [1.82, 2.24) is 29.0 Å². The number of carbonyl (C=O) groups excluding carboxylic acids is 2. The number of thiazole rings is 1. The largest absolute Gasteiger partial charge is 0.450 e. The maximum absolute atomic E-state index is 13.8. The molecule has 4 heterocycles. The summed E-state index contributed by atoms with van der Waals surface area (Å²) < 4.78 is 8.45. The summed E-state index contributed by atoms with van der Waals surface area (Å²) >= 11 is 1.34. The number of aryl methyl sites for hydroxylation is 3. The van der Waals surface area contributed by atoms with E-state index in [-0.39, 0.29) is 24.0 Å². The highest BCUT2D eigenvalue weighted by atomic mass is 32.1. The Bertz CT molecular complexity index is 1630. The van der Waals surface area contributed by atoms with E-state index in [1.165, 1.54) is 15.7 Å². The fraction of sp³-hybridized carbons (Fsp3) is 0.393. The zero-order valence-corrected chi connectivity index (χ0v) is 23.7. The lowest BCUT2D eigenvalue weighted by Crippen LogP contribution is -2.51. The Hall–Kier alpha value is -3.99. The van der Waals surface area contributed by atoms with Crippen molar-refractivity contribution < 1.29 is 14.3 Å². The maximum Gasteiger partial charge on any atom is 0.409 e. The summed E-state index contributed by atoms with van der Waals surface area (Å²) in [6.45, 7) is 11.7. The molecule has 0 bridgehead atoms. The van der Waals surface area contributed by atoms with E-state index in [4.69, 9.17) is 14.8 Å². The van der Waals surface area contributed by atoms with Crippen LogP contribution >= 0.6 is 11.3 Å². The molecule has 10 nitrogen and oxygen atoms in total. The average molecular weight is 549 g/mol. The molecule has 0 spiro atoms. The summed E-state index contributed by atoms with van der Waals surface area (Å²) in [5, 5.41) is 6.63. The number of rotatable bonds is 5. The Labute approximate surface area is 230 Å². The highest BCUT2D eigenvalue weighted by molar-refractivity contribution is 7.15. The lowest BCUT2D eigenvalue weighted by atomic mass is 10.1. The number of piperazine rings is 1. The van der Waals surface area contributed by atoms with Crippen LogP contribution in [0, 0.1) is 27.7 Å². The first-order chi connectivity index (χ1) is 18.7. The number of fused-ring (bicyclic) bond motifs is 1. The van der Waals surface area contributed by atoms with E-state index in [9.17, 15) is 14.4 Å². The summed E-state index contributed by atoms with van der Waals surface area (Å²) in [6.07, 6.45) is -0.288. The Morgan fingerprint density at radius 2 is 1.77 bits per heavy atom.